The third-order valence-corrected chi connectivity index (χ3v) is 2.80. The Morgan fingerprint density at radius 2 is 2.00 bits per heavy atom. The fourth-order valence-electron chi connectivity index (χ4n) is 1.91. The second-order valence-corrected chi connectivity index (χ2v) is 5.53. The van der Waals surface area contributed by atoms with E-state index in [-0.39, 0.29) is 5.54 Å². The monoisotopic (exact) mass is 255 g/mol. The van der Waals surface area contributed by atoms with Crippen LogP contribution < -0.4 is 15.2 Å². The van der Waals surface area contributed by atoms with Crippen molar-refractivity contribution in [3.05, 3.63) is 22.7 Å². The van der Waals surface area contributed by atoms with Crippen molar-refractivity contribution in [2.24, 2.45) is 5.73 Å². The lowest BCUT2D eigenvalue weighted by molar-refractivity contribution is 0.297. The molecule has 1 aliphatic heterocycles. The highest BCUT2D eigenvalue weighted by Crippen LogP contribution is 2.38. The summed E-state index contributed by atoms with van der Waals surface area (Å²) in [7, 11) is 0. The van der Waals surface area contributed by atoms with Gasteiger partial charge in [0.2, 0.25) is 0 Å². The molecular formula is C13H18ClNO2. The number of benzene rings is 1. The summed E-state index contributed by atoms with van der Waals surface area (Å²) in [6.07, 6.45) is 1.63. The van der Waals surface area contributed by atoms with E-state index in [0.717, 1.165) is 24.2 Å². The molecule has 2 N–H and O–H groups in total. The maximum Gasteiger partial charge on any atom is 0.179 e. The molecule has 17 heavy (non-hydrogen) atoms. The first-order chi connectivity index (χ1) is 7.96. The van der Waals surface area contributed by atoms with Gasteiger partial charge >= 0.3 is 0 Å². The highest BCUT2D eigenvalue weighted by Gasteiger charge is 2.18. The van der Waals surface area contributed by atoms with Gasteiger partial charge in [-0.05, 0) is 38.0 Å². The largest absolute Gasteiger partial charge is 0.489 e. The van der Waals surface area contributed by atoms with Gasteiger partial charge in [-0.1, -0.05) is 11.6 Å². The van der Waals surface area contributed by atoms with Gasteiger partial charge in [0.1, 0.15) is 0 Å². The Labute approximate surface area is 107 Å². The van der Waals surface area contributed by atoms with E-state index in [4.69, 9.17) is 26.8 Å². The zero-order valence-corrected chi connectivity index (χ0v) is 11.0. The predicted octanol–water partition coefficient (Wildman–Crippen LogP) is 2.78. The SMILES string of the molecule is CC(C)(N)Cc1cc(Cl)c2c(c1)OCCCO2. The van der Waals surface area contributed by atoms with Crippen LogP contribution in [0, 0.1) is 0 Å². The van der Waals surface area contributed by atoms with Crippen LogP contribution in [0.5, 0.6) is 11.5 Å². The van der Waals surface area contributed by atoms with Crippen LogP contribution in [0.2, 0.25) is 5.02 Å². The van der Waals surface area contributed by atoms with E-state index in [0.29, 0.717) is 24.0 Å². The summed E-state index contributed by atoms with van der Waals surface area (Å²) in [6.45, 7) is 5.29. The van der Waals surface area contributed by atoms with Crippen molar-refractivity contribution >= 4 is 11.6 Å². The third-order valence-electron chi connectivity index (χ3n) is 2.52. The van der Waals surface area contributed by atoms with Crippen molar-refractivity contribution < 1.29 is 9.47 Å². The molecule has 4 heteroatoms. The normalized spacial score (nSPS) is 15.5. The Balaban J connectivity index is 2.32. The number of ether oxygens (including phenoxy) is 2. The molecule has 1 aliphatic rings. The summed E-state index contributed by atoms with van der Waals surface area (Å²) in [6, 6.07) is 3.88. The molecule has 1 aromatic carbocycles. The zero-order valence-electron chi connectivity index (χ0n) is 10.3. The smallest absolute Gasteiger partial charge is 0.179 e. The van der Waals surface area contributed by atoms with Gasteiger partial charge in [-0.25, -0.2) is 0 Å². The molecule has 1 heterocycles. The predicted molar refractivity (Wildman–Crippen MR) is 69.0 cm³/mol. The van der Waals surface area contributed by atoms with Crippen molar-refractivity contribution in [3.63, 3.8) is 0 Å². The van der Waals surface area contributed by atoms with Crippen molar-refractivity contribution in [2.75, 3.05) is 13.2 Å². The fraction of sp³-hybridized carbons (Fsp3) is 0.538. The molecule has 0 saturated heterocycles. The molecular weight excluding hydrogens is 238 g/mol. The Morgan fingerprint density at radius 1 is 1.29 bits per heavy atom. The van der Waals surface area contributed by atoms with Crippen molar-refractivity contribution in [1.29, 1.82) is 0 Å². The topological polar surface area (TPSA) is 44.5 Å². The van der Waals surface area contributed by atoms with Crippen LogP contribution in [0.3, 0.4) is 0 Å². The average molecular weight is 256 g/mol. The Hall–Kier alpha value is -0.930. The lowest BCUT2D eigenvalue weighted by Gasteiger charge is -2.19. The number of rotatable bonds is 2. The molecule has 0 atom stereocenters. The van der Waals surface area contributed by atoms with Crippen LogP contribution in [-0.4, -0.2) is 18.8 Å². The van der Waals surface area contributed by atoms with Crippen LogP contribution in [0.25, 0.3) is 0 Å². The number of fused-ring (bicyclic) bond motifs is 1. The second kappa shape index (κ2) is 4.75. The molecule has 0 aromatic heterocycles. The number of hydrogen-bond acceptors (Lipinski definition) is 3. The van der Waals surface area contributed by atoms with Gasteiger partial charge in [0, 0.05) is 12.0 Å². The fourth-order valence-corrected chi connectivity index (χ4v) is 2.20. The summed E-state index contributed by atoms with van der Waals surface area (Å²) in [5.74, 6) is 1.39. The minimum absolute atomic E-state index is 0.261. The molecule has 3 nitrogen and oxygen atoms in total. The quantitative estimate of drug-likeness (QED) is 0.884. The molecule has 0 saturated carbocycles. The number of nitrogens with two attached hydrogens (primary N) is 1. The lowest BCUT2D eigenvalue weighted by Crippen LogP contribution is -2.34. The van der Waals surface area contributed by atoms with Crippen molar-refractivity contribution in [3.8, 4) is 11.5 Å². The van der Waals surface area contributed by atoms with Crippen LogP contribution in [0.1, 0.15) is 25.8 Å². The van der Waals surface area contributed by atoms with E-state index in [2.05, 4.69) is 0 Å². The van der Waals surface area contributed by atoms with Gasteiger partial charge in [0.15, 0.2) is 11.5 Å². The van der Waals surface area contributed by atoms with Crippen molar-refractivity contribution in [2.45, 2.75) is 32.2 Å². The minimum Gasteiger partial charge on any atom is -0.489 e. The van der Waals surface area contributed by atoms with Crippen LogP contribution in [0.4, 0.5) is 0 Å². The number of hydrogen-bond donors (Lipinski definition) is 1. The summed E-state index contributed by atoms with van der Waals surface area (Å²) >= 11 is 6.20. The average Bonchev–Trinajstić information content (AvgIpc) is 2.40. The Kier molecular flexibility index (Phi) is 3.50. The molecule has 0 unspecified atom stereocenters. The summed E-state index contributed by atoms with van der Waals surface area (Å²) in [5.41, 5.74) is 6.82. The van der Waals surface area contributed by atoms with E-state index in [1.807, 2.05) is 26.0 Å². The molecule has 2 rings (SSSR count). The molecule has 0 spiro atoms. The second-order valence-electron chi connectivity index (χ2n) is 5.12. The maximum absolute atomic E-state index is 6.20. The van der Waals surface area contributed by atoms with Crippen molar-refractivity contribution in [1.82, 2.24) is 0 Å². The summed E-state index contributed by atoms with van der Waals surface area (Å²) in [5, 5.41) is 0.601. The first-order valence-corrected chi connectivity index (χ1v) is 6.20. The van der Waals surface area contributed by atoms with Gasteiger partial charge < -0.3 is 15.2 Å². The van der Waals surface area contributed by atoms with Gasteiger partial charge in [0.25, 0.3) is 0 Å². The summed E-state index contributed by atoms with van der Waals surface area (Å²) in [4.78, 5) is 0. The summed E-state index contributed by atoms with van der Waals surface area (Å²) < 4.78 is 11.2. The minimum atomic E-state index is -0.261. The first kappa shape index (κ1) is 12.5. The van der Waals surface area contributed by atoms with Gasteiger partial charge in [0.05, 0.1) is 18.2 Å². The Bertz CT molecular complexity index is 413. The van der Waals surface area contributed by atoms with E-state index in [1.54, 1.807) is 0 Å². The van der Waals surface area contributed by atoms with Gasteiger partial charge in [-0.2, -0.15) is 0 Å². The molecule has 0 aliphatic carbocycles. The van der Waals surface area contributed by atoms with E-state index in [9.17, 15) is 0 Å². The van der Waals surface area contributed by atoms with Gasteiger partial charge in [-0.3, -0.25) is 0 Å². The molecule has 0 bridgehead atoms. The Morgan fingerprint density at radius 3 is 2.71 bits per heavy atom. The van der Waals surface area contributed by atoms with Gasteiger partial charge in [-0.15, -0.1) is 0 Å². The molecule has 0 amide bonds. The van der Waals surface area contributed by atoms with E-state index >= 15 is 0 Å². The van der Waals surface area contributed by atoms with Crippen LogP contribution in [-0.2, 0) is 6.42 Å². The third kappa shape index (κ3) is 3.27. The molecule has 94 valence electrons. The molecule has 1 aromatic rings. The van der Waals surface area contributed by atoms with E-state index in [1.165, 1.54) is 0 Å². The van der Waals surface area contributed by atoms with Crippen LogP contribution >= 0.6 is 11.6 Å². The highest BCUT2D eigenvalue weighted by atomic mass is 35.5. The standard InChI is InChI=1S/C13H18ClNO2/c1-13(2,15)8-9-6-10(14)12-11(7-9)16-4-3-5-17-12/h6-7H,3-5,8,15H2,1-2H3. The zero-order chi connectivity index (χ0) is 12.5. The highest BCUT2D eigenvalue weighted by molar-refractivity contribution is 6.32. The van der Waals surface area contributed by atoms with Crippen LogP contribution in [0.15, 0.2) is 12.1 Å². The maximum atomic E-state index is 6.20. The molecule has 0 radical (unpaired) electrons. The first-order valence-electron chi connectivity index (χ1n) is 5.83. The lowest BCUT2D eigenvalue weighted by atomic mass is 9.96. The number of halogens is 1. The van der Waals surface area contributed by atoms with E-state index < -0.39 is 0 Å². The molecule has 0 fully saturated rings.